The summed E-state index contributed by atoms with van der Waals surface area (Å²) in [6.07, 6.45) is 0.00926. The van der Waals surface area contributed by atoms with Crippen LogP contribution in [-0.2, 0) is 4.74 Å². The highest BCUT2D eigenvalue weighted by atomic mass is 16.5. The lowest BCUT2D eigenvalue weighted by molar-refractivity contribution is 0.0966. The van der Waals surface area contributed by atoms with Gasteiger partial charge in [0.05, 0.1) is 18.8 Å². The van der Waals surface area contributed by atoms with Gasteiger partial charge in [-0.2, -0.15) is 0 Å². The number of hydrogen-bond acceptors (Lipinski definition) is 2. The molecule has 1 aliphatic rings. The van der Waals surface area contributed by atoms with E-state index in [-0.39, 0.29) is 12.2 Å². The van der Waals surface area contributed by atoms with E-state index in [1.165, 1.54) is 0 Å². The Bertz CT molecular complexity index is 72.6. The predicted octanol–water partition coefficient (Wildman–Crippen LogP) is 0.402. The number of aliphatic hydroxyl groups excluding tert-OH is 1. The Morgan fingerprint density at radius 2 is 2.12 bits per heavy atom. The summed E-state index contributed by atoms with van der Waals surface area (Å²) in [5.74, 6) is 0.315. The zero-order valence-corrected chi connectivity index (χ0v) is 5.29. The molecule has 0 spiro atoms. The third-order valence-electron chi connectivity index (χ3n) is 1.88. The highest BCUT2D eigenvalue weighted by molar-refractivity contribution is 4.76. The highest BCUT2D eigenvalue weighted by Crippen LogP contribution is 2.19. The molecule has 0 radical (unpaired) electrons. The zero-order chi connectivity index (χ0) is 6.15. The van der Waals surface area contributed by atoms with Crippen molar-refractivity contribution in [3.63, 3.8) is 0 Å². The van der Waals surface area contributed by atoms with Gasteiger partial charge in [0.25, 0.3) is 0 Å². The topological polar surface area (TPSA) is 29.5 Å². The minimum Gasteiger partial charge on any atom is -0.390 e. The van der Waals surface area contributed by atoms with Crippen molar-refractivity contribution in [3.05, 3.63) is 0 Å². The summed E-state index contributed by atoms with van der Waals surface area (Å²) >= 11 is 0. The van der Waals surface area contributed by atoms with Crippen LogP contribution in [0.25, 0.3) is 0 Å². The van der Waals surface area contributed by atoms with Crippen LogP contribution < -0.4 is 0 Å². The molecule has 0 aromatic carbocycles. The molecule has 0 bridgehead atoms. The van der Waals surface area contributed by atoms with Crippen molar-refractivity contribution in [2.24, 2.45) is 5.92 Å². The molecule has 1 rings (SSSR count). The standard InChI is InChI=1S/C6H12O2/c1-4-5(2)8-3-6(4)7/h4-7H,3H2,1-2H3/t4-,5?,6+/m0/s1. The molecule has 0 aromatic rings. The normalized spacial score (nSPS) is 47.6. The summed E-state index contributed by atoms with van der Waals surface area (Å²) in [7, 11) is 0. The zero-order valence-electron chi connectivity index (χ0n) is 5.29. The van der Waals surface area contributed by atoms with Crippen LogP contribution in [0, 0.1) is 5.92 Å². The fourth-order valence-corrected chi connectivity index (χ4v) is 0.867. The molecule has 3 atom stereocenters. The van der Waals surface area contributed by atoms with Gasteiger partial charge in [0, 0.05) is 5.92 Å². The Hall–Kier alpha value is -0.0800. The first-order valence-corrected chi connectivity index (χ1v) is 3.01. The molecule has 2 nitrogen and oxygen atoms in total. The van der Waals surface area contributed by atoms with E-state index in [4.69, 9.17) is 9.84 Å². The van der Waals surface area contributed by atoms with Gasteiger partial charge in [-0.1, -0.05) is 6.92 Å². The number of aliphatic hydroxyl groups is 1. The van der Waals surface area contributed by atoms with Crippen molar-refractivity contribution in [1.29, 1.82) is 0 Å². The van der Waals surface area contributed by atoms with Gasteiger partial charge in [0.15, 0.2) is 0 Å². The number of hydrogen-bond donors (Lipinski definition) is 1. The molecule has 0 aliphatic carbocycles. The lowest BCUT2D eigenvalue weighted by atomic mass is 10.0. The smallest absolute Gasteiger partial charge is 0.0823 e. The molecule has 1 saturated heterocycles. The fourth-order valence-electron chi connectivity index (χ4n) is 0.867. The van der Waals surface area contributed by atoms with Crippen molar-refractivity contribution in [1.82, 2.24) is 0 Å². The largest absolute Gasteiger partial charge is 0.390 e. The van der Waals surface area contributed by atoms with Gasteiger partial charge in [-0.25, -0.2) is 0 Å². The Labute approximate surface area is 49.5 Å². The van der Waals surface area contributed by atoms with Crippen LogP contribution in [0.4, 0.5) is 0 Å². The van der Waals surface area contributed by atoms with Crippen LogP contribution in [0.15, 0.2) is 0 Å². The van der Waals surface area contributed by atoms with E-state index < -0.39 is 0 Å². The predicted molar refractivity (Wildman–Crippen MR) is 30.6 cm³/mol. The third kappa shape index (κ3) is 0.858. The minimum absolute atomic E-state index is 0.231. The minimum atomic E-state index is -0.231. The molecular formula is C6H12O2. The summed E-state index contributed by atoms with van der Waals surface area (Å²) < 4.78 is 5.13. The second kappa shape index (κ2) is 2.03. The van der Waals surface area contributed by atoms with Crippen LogP contribution in [0.1, 0.15) is 13.8 Å². The third-order valence-corrected chi connectivity index (χ3v) is 1.88. The van der Waals surface area contributed by atoms with Crippen LogP contribution in [0.5, 0.6) is 0 Å². The van der Waals surface area contributed by atoms with Crippen LogP contribution in [0.2, 0.25) is 0 Å². The lowest BCUT2D eigenvalue weighted by Gasteiger charge is -2.08. The van der Waals surface area contributed by atoms with Gasteiger partial charge in [-0.05, 0) is 6.92 Å². The molecule has 48 valence electrons. The first-order chi connectivity index (χ1) is 3.72. The Kier molecular flexibility index (Phi) is 1.54. The second-order valence-electron chi connectivity index (χ2n) is 2.46. The van der Waals surface area contributed by atoms with E-state index >= 15 is 0 Å². The number of ether oxygens (including phenoxy) is 1. The molecule has 1 unspecified atom stereocenters. The second-order valence-corrected chi connectivity index (χ2v) is 2.46. The van der Waals surface area contributed by atoms with Crippen molar-refractivity contribution in [2.75, 3.05) is 6.61 Å². The molecular weight excluding hydrogens is 104 g/mol. The van der Waals surface area contributed by atoms with Crippen LogP contribution in [0.3, 0.4) is 0 Å². The maximum atomic E-state index is 9.04. The molecule has 8 heavy (non-hydrogen) atoms. The molecule has 0 saturated carbocycles. The Morgan fingerprint density at radius 1 is 1.50 bits per heavy atom. The average molecular weight is 116 g/mol. The van der Waals surface area contributed by atoms with Crippen molar-refractivity contribution < 1.29 is 9.84 Å². The Morgan fingerprint density at radius 3 is 2.25 bits per heavy atom. The van der Waals surface area contributed by atoms with E-state index in [0.29, 0.717) is 12.5 Å². The van der Waals surface area contributed by atoms with E-state index in [1.807, 2.05) is 13.8 Å². The van der Waals surface area contributed by atoms with E-state index in [2.05, 4.69) is 0 Å². The average Bonchev–Trinajstić information content (AvgIpc) is 1.98. The van der Waals surface area contributed by atoms with E-state index in [9.17, 15) is 0 Å². The lowest BCUT2D eigenvalue weighted by Crippen LogP contribution is -2.17. The summed E-state index contributed by atoms with van der Waals surface area (Å²) in [6, 6.07) is 0. The van der Waals surface area contributed by atoms with Gasteiger partial charge >= 0.3 is 0 Å². The molecule has 1 N–H and O–H groups in total. The van der Waals surface area contributed by atoms with Crippen molar-refractivity contribution in [2.45, 2.75) is 26.1 Å². The highest BCUT2D eigenvalue weighted by Gasteiger charge is 2.28. The van der Waals surface area contributed by atoms with Gasteiger partial charge in [-0.15, -0.1) is 0 Å². The molecule has 2 heteroatoms. The van der Waals surface area contributed by atoms with Crippen LogP contribution >= 0.6 is 0 Å². The van der Waals surface area contributed by atoms with Crippen molar-refractivity contribution >= 4 is 0 Å². The van der Waals surface area contributed by atoms with Crippen molar-refractivity contribution in [3.8, 4) is 0 Å². The number of rotatable bonds is 0. The fraction of sp³-hybridized carbons (Fsp3) is 1.00. The molecule has 0 aromatic heterocycles. The maximum absolute atomic E-state index is 9.04. The summed E-state index contributed by atoms with van der Waals surface area (Å²) in [5.41, 5.74) is 0. The van der Waals surface area contributed by atoms with Gasteiger partial charge in [0.2, 0.25) is 0 Å². The Balaban J connectivity index is 2.44. The van der Waals surface area contributed by atoms with Gasteiger partial charge < -0.3 is 9.84 Å². The molecule has 1 heterocycles. The SMILES string of the molecule is CC1OC[C@@H](O)[C@H]1C. The van der Waals surface area contributed by atoms with Crippen LogP contribution in [-0.4, -0.2) is 23.9 Å². The van der Waals surface area contributed by atoms with Gasteiger partial charge in [-0.3, -0.25) is 0 Å². The summed E-state index contributed by atoms with van der Waals surface area (Å²) in [4.78, 5) is 0. The quantitative estimate of drug-likeness (QED) is 0.496. The molecule has 1 aliphatic heterocycles. The summed E-state index contributed by atoms with van der Waals surface area (Å²) in [5, 5.41) is 9.04. The first-order valence-electron chi connectivity index (χ1n) is 3.01. The molecule has 1 fully saturated rings. The maximum Gasteiger partial charge on any atom is 0.0823 e. The van der Waals surface area contributed by atoms with E-state index in [1.54, 1.807) is 0 Å². The molecule has 0 amide bonds. The van der Waals surface area contributed by atoms with E-state index in [0.717, 1.165) is 0 Å². The monoisotopic (exact) mass is 116 g/mol. The van der Waals surface area contributed by atoms with Gasteiger partial charge in [0.1, 0.15) is 0 Å². The summed E-state index contributed by atoms with van der Waals surface area (Å²) in [6.45, 7) is 4.51. The first kappa shape index (κ1) is 6.05.